The number of nitrogens with zero attached hydrogens (tertiary/aromatic N) is 2. The zero-order chi connectivity index (χ0) is 11.1. The van der Waals surface area contributed by atoms with E-state index < -0.39 is 0 Å². The highest BCUT2D eigenvalue weighted by molar-refractivity contribution is 5.28. The van der Waals surface area contributed by atoms with Crippen LogP contribution in [0.5, 0.6) is 0 Å². The Balaban J connectivity index is 2.39. The molecule has 0 N–H and O–H groups in total. The molecule has 0 bridgehead atoms. The second-order valence-electron chi connectivity index (χ2n) is 5.83. The molecule has 0 radical (unpaired) electrons. The van der Waals surface area contributed by atoms with Crippen LogP contribution in [0.15, 0.2) is 18.5 Å². The first kappa shape index (κ1) is 10.5. The molecule has 1 unspecified atom stereocenters. The lowest BCUT2D eigenvalue weighted by atomic mass is 9.64. The Morgan fingerprint density at radius 2 is 2.13 bits per heavy atom. The van der Waals surface area contributed by atoms with Gasteiger partial charge in [0.1, 0.15) is 5.82 Å². The zero-order valence-corrected chi connectivity index (χ0v) is 10.1. The molecule has 1 aliphatic heterocycles. The van der Waals surface area contributed by atoms with Gasteiger partial charge in [0, 0.05) is 25.0 Å². The first-order valence-electron chi connectivity index (χ1n) is 5.61. The van der Waals surface area contributed by atoms with E-state index in [0.717, 1.165) is 12.8 Å². The standard InChI is InChI=1S/C13H20N2/c1-12(2,3)13(4)6-5-8-15-9-7-14-11(15)10-13/h5,7-9H,6,10H2,1-4H3. The third-order valence-corrected chi connectivity index (χ3v) is 3.94. The molecule has 0 aliphatic carbocycles. The Bertz CT molecular complexity index is 381. The summed E-state index contributed by atoms with van der Waals surface area (Å²) in [6, 6.07) is 0. The average Bonchev–Trinajstić information content (AvgIpc) is 2.45. The van der Waals surface area contributed by atoms with Gasteiger partial charge in [-0.2, -0.15) is 0 Å². The molecule has 0 saturated carbocycles. The average molecular weight is 204 g/mol. The molecule has 0 fully saturated rings. The van der Waals surface area contributed by atoms with Crippen LogP contribution in [0.25, 0.3) is 6.20 Å². The summed E-state index contributed by atoms with van der Waals surface area (Å²) in [6.45, 7) is 9.32. The van der Waals surface area contributed by atoms with Crippen molar-refractivity contribution in [2.75, 3.05) is 0 Å². The topological polar surface area (TPSA) is 17.8 Å². The van der Waals surface area contributed by atoms with Crippen molar-refractivity contribution >= 4 is 6.20 Å². The molecule has 1 aromatic heterocycles. The van der Waals surface area contributed by atoms with Crippen LogP contribution >= 0.6 is 0 Å². The smallest absolute Gasteiger partial charge is 0.113 e. The number of aromatic nitrogens is 2. The van der Waals surface area contributed by atoms with E-state index >= 15 is 0 Å². The van der Waals surface area contributed by atoms with Gasteiger partial charge in [0.2, 0.25) is 0 Å². The van der Waals surface area contributed by atoms with Gasteiger partial charge in [-0.1, -0.05) is 33.8 Å². The first-order chi connectivity index (χ1) is 6.92. The molecule has 2 rings (SSSR count). The molecular weight excluding hydrogens is 184 g/mol. The van der Waals surface area contributed by atoms with E-state index in [4.69, 9.17) is 0 Å². The molecule has 1 aromatic rings. The quantitative estimate of drug-likeness (QED) is 0.633. The van der Waals surface area contributed by atoms with Gasteiger partial charge in [-0.05, 0) is 17.3 Å². The van der Waals surface area contributed by atoms with Crippen molar-refractivity contribution in [1.82, 2.24) is 9.55 Å². The lowest BCUT2D eigenvalue weighted by Crippen LogP contribution is -2.34. The van der Waals surface area contributed by atoms with E-state index in [2.05, 4.69) is 49.5 Å². The highest BCUT2D eigenvalue weighted by atomic mass is 15.0. The third kappa shape index (κ3) is 1.73. The maximum absolute atomic E-state index is 4.44. The minimum Gasteiger partial charge on any atom is -0.311 e. The van der Waals surface area contributed by atoms with Gasteiger partial charge < -0.3 is 4.57 Å². The molecule has 0 spiro atoms. The van der Waals surface area contributed by atoms with Gasteiger partial charge in [0.05, 0.1) is 0 Å². The fraction of sp³-hybridized carbons (Fsp3) is 0.615. The van der Waals surface area contributed by atoms with E-state index in [9.17, 15) is 0 Å². The number of fused-ring (bicyclic) bond motifs is 1. The van der Waals surface area contributed by atoms with E-state index in [1.54, 1.807) is 0 Å². The number of hydrogen-bond donors (Lipinski definition) is 0. The summed E-state index contributed by atoms with van der Waals surface area (Å²) in [5.74, 6) is 1.18. The van der Waals surface area contributed by atoms with E-state index in [1.807, 2.05) is 12.4 Å². The Morgan fingerprint density at radius 3 is 2.80 bits per heavy atom. The minimum absolute atomic E-state index is 0.295. The molecule has 0 aromatic carbocycles. The van der Waals surface area contributed by atoms with Crippen LogP contribution in [0.3, 0.4) is 0 Å². The highest BCUT2D eigenvalue weighted by Crippen LogP contribution is 2.45. The maximum Gasteiger partial charge on any atom is 0.113 e. The predicted octanol–water partition coefficient (Wildman–Crippen LogP) is 3.35. The van der Waals surface area contributed by atoms with Gasteiger partial charge in [-0.25, -0.2) is 4.98 Å². The number of imidazole rings is 1. The summed E-state index contributed by atoms with van der Waals surface area (Å²) in [4.78, 5) is 4.44. The highest BCUT2D eigenvalue weighted by Gasteiger charge is 2.38. The Kier molecular flexibility index (Phi) is 2.25. The van der Waals surface area contributed by atoms with Crippen LogP contribution in [-0.2, 0) is 6.42 Å². The number of hydrogen-bond acceptors (Lipinski definition) is 1. The molecule has 15 heavy (non-hydrogen) atoms. The van der Waals surface area contributed by atoms with E-state index in [0.29, 0.717) is 10.8 Å². The van der Waals surface area contributed by atoms with Gasteiger partial charge in [-0.3, -0.25) is 0 Å². The molecule has 2 heteroatoms. The number of allylic oxidation sites excluding steroid dienone is 1. The van der Waals surface area contributed by atoms with Gasteiger partial charge in [-0.15, -0.1) is 0 Å². The summed E-state index contributed by atoms with van der Waals surface area (Å²) in [5, 5.41) is 0. The fourth-order valence-corrected chi connectivity index (χ4v) is 2.04. The van der Waals surface area contributed by atoms with Crippen LogP contribution in [0.1, 0.15) is 39.9 Å². The maximum atomic E-state index is 4.44. The molecule has 0 amide bonds. The van der Waals surface area contributed by atoms with Crippen molar-refractivity contribution in [3.8, 4) is 0 Å². The Morgan fingerprint density at radius 1 is 1.40 bits per heavy atom. The monoisotopic (exact) mass is 204 g/mol. The van der Waals surface area contributed by atoms with E-state index in [1.165, 1.54) is 5.82 Å². The molecule has 82 valence electrons. The van der Waals surface area contributed by atoms with Crippen molar-refractivity contribution in [1.29, 1.82) is 0 Å². The third-order valence-electron chi connectivity index (χ3n) is 3.94. The Hall–Kier alpha value is -1.05. The van der Waals surface area contributed by atoms with Crippen molar-refractivity contribution in [2.45, 2.75) is 40.5 Å². The van der Waals surface area contributed by atoms with Crippen molar-refractivity contribution in [3.05, 3.63) is 24.3 Å². The van der Waals surface area contributed by atoms with Crippen molar-refractivity contribution in [3.63, 3.8) is 0 Å². The van der Waals surface area contributed by atoms with Crippen LogP contribution in [0, 0.1) is 10.8 Å². The Labute approximate surface area is 92.0 Å². The summed E-state index contributed by atoms with van der Waals surface area (Å²) in [5.41, 5.74) is 0.599. The molecule has 2 heterocycles. The lowest BCUT2D eigenvalue weighted by molar-refractivity contribution is 0.110. The number of rotatable bonds is 0. The molecule has 2 nitrogen and oxygen atoms in total. The normalized spacial score (nSPS) is 26.1. The minimum atomic E-state index is 0.295. The van der Waals surface area contributed by atoms with Gasteiger partial charge >= 0.3 is 0 Å². The predicted molar refractivity (Wildman–Crippen MR) is 63.4 cm³/mol. The molecule has 1 aliphatic rings. The lowest BCUT2D eigenvalue weighted by Gasteiger charge is -2.40. The van der Waals surface area contributed by atoms with Crippen molar-refractivity contribution in [2.24, 2.45) is 10.8 Å². The second-order valence-corrected chi connectivity index (χ2v) is 5.83. The van der Waals surface area contributed by atoms with Crippen LogP contribution in [0.4, 0.5) is 0 Å². The van der Waals surface area contributed by atoms with Crippen LogP contribution < -0.4 is 0 Å². The fourth-order valence-electron chi connectivity index (χ4n) is 2.04. The summed E-state index contributed by atoms with van der Waals surface area (Å²) in [7, 11) is 0. The van der Waals surface area contributed by atoms with Gasteiger partial charge in [0.15, 0.2) is 0 Å². The van der Waals surface area contributed by atoms with Gasteiger partial charge in [0.25, 0.3) is 0 Å². The zero-order valence-electron chi connectivity index (χ0n) is 10.1. The van der Waals surface area contributed by atoms with Crippen LogP contribution in [-0.4, -0.2) is 9.55 Å². The first-order valence-corrected chi connectivity index (χ1v) is 5.61. The largest absolute Gasteiger partial charge is 0.311 e. The molecule has 1 atom stereocenters. The second kappa shape index (κ2) is 3.22. The summed E-state index contributed by atoms with van der Waals surface area (Å²) < 4.78 is 2.14. The summed E-state index contributed by atoms with van der Waals surface area (Å²) >= 11 is 0. The SMILES string of the molecule is CC(C)(C)C1(C)CC=Cn2ccnc2C1. The summed E-state index contributed by atoms with van der Waals surface area (Å²) in [6.07, 6.45) is 10.5. The molecule has 0 saturated heterocycles. The van der Waals surface area contributed by atoms with Crippen LogP contribution in [0.2, 0.25) is 0 Å². The van der Waals surface area contributed by atoms with Crippen molar-refractivity contribution < 1.29 is 0 Å². The van der Waals surface area contributed by atoms with E-state index in [-0.39, 0.29) is 0 Å². The molecular formula is C13H20N2.